The molecule has 0 spiro atoms. The Morgan fingerprint density at radius 2 is 2.32 bits per heavy atom. The molecule has 1 aliphatic carbocycles. The van der Waals surface area contributed by atoms with Crippen molar-refractivity contribution in [3.8, 4) is 17.1 Å². The third-order valence-corrected chi connectivity index (χ3v) is 3.42. The quantitative estimate of drug-likeness (QED) is 0.912. The van der Waals surface area contributed by atoms with Gasteiger partial charge in [-0.05, 0) is 31.0 Å². The Balaban J connectivity index is 1.92. The van der Waals surface area contributed by atoms with Crippen molar-refractivity contribution in [2.75, 3.05) is 7.11 Å². The number of benzene rings is 1. The molecule has 0 amide bonds. The monoisotopic (exact) mass is 278 g/mol. The lowest BCUT2D eigenvalue weighted by molar-refractivity contribution is 0.414. The second-order valence-electron chi connectivity index (χ2n) is 4.63. The molecule has 1 N–H and O–H groups in total. The van der Waals surface area contributed by atoms with Crippen molar-refractivity contribution in [3.05, 3.63) is 35.3 Å². The van der Waals surface area contributed by atoms with E-state index in [1.807, 2.05) is 12.1 Å². The SMILES string of the molecule is COc1ccc(Cl)cc1-c1ocnc1CNC1CC1. The van der Waals surface area contributed by atoms with E-state index in [-0.39, 0.29) is 0 Å². The van der Waals surface area contributed by atoms with Crippen LogP contribution in [0, 0.1) is 0 Å². The van der Waals surface area contributed by atoms with Gasteiger partial charge < -0.3 is 14.5 Å². The Bertz CT molecular complexity index is 579. The van der Waals surface area contributed by atoms with Crippen LogP contribution in [0.3, 0.4) is 0 Å². The minimum Gasteiger partial charge on any atom is -0.496 e. The van der Waals surface area contributed by atoms with Gasteiger partial charge in [0.05, 0.1) is 12.7 Å². The number of ether oxygens (including phenoxy) is 1. The fourth-order valence-corrected chi connectivity index (χ4v) is 2.17. The number of rotatable bonds is 5. The molecule has 5 heteroatoms. The van der Waals surface area contributed by atoms with E-state index in [1.54, 1.807) is 13.2 Å². The van der Waals surface area contributed by atoms with Crippen LogP contribution in [0.15, 0.2) is 29.0 Å². The van der Waals surface area contributed by atoms with E-state index in [2.05, 4.69) is 10.3 Å². The maximum Gasteiger partial charge on any atom is 0.181 e. The maximum absolute atomic E-state index is 6.05. The number of hydrogen-bond acceptors (Lipinski definition) is 4. The largest absolute Gasteiger partial charge is 0.496 e. The van der Waals surface area contributed by atoms with Crippen LogP contribution in [-0.4, -0.2) is 18.1 Å². The number of oxazole rings is 1. The van der Waals surface area contributed by atoms with E-state index in [9.17, 15) is 0 Å². The summed E-state index contributed by atoms with van der Waals surface area (Å²) in [7, 11) is 1.63. The molecule has 0 saturated heterocycles. The third kappa shape index (κ3) is 2.74. The Morgan fingerprint density at radius 3 is 3.05 bits per heavy atom. The van der Waals surface area contributed by atoms with Gasteiger partial charge in [-0.15, -0.1) is 0 Å². The highest BCUT2D eigenvalue weighted by atomic mass is 35.5. The summed E-state index contributed by atoms with van der Waals surface area (Å²) in [6, 6.07) is 6.09. The molecule has 1 fully saturated rings. The maximum atomic E-state index is 6.05. The molecular weight excluding hydrogens is 264 g/mol. The minimum atomic E-state index is 0.630. The molecular formula is C14H15ClN2O2. The summed E-state index contributed by atoms with van der Waals surface area (Å²) < 4.78 is 10.9. The van der Waals surface area contributed by atoms with Gasteiger partial charge in [0.2, 0.25) is 0 Å². The zero-order chi connectivity index (χ0) is 13.2. The molecule has 1 aromatic heterocycles. The second-order valence-corrected chi connectivity index (χ2v) is 5.06. The predicted octanol–water partition coefficient (Wildman–Crippen LogP) is 3.26. The summed E-state index contributed by atoms with van der Waals surface area (Å²) in [5.41, 5.74) is 1.72. The van der Waals surface area contributed by atoms with Crippen molar-refractivity contribution in [1.29, 1.82) is 0 Å². The topological polar surface area (TPSA) is 47.3 Å². The first-order chi connectivity index (χ1) is 9.28. The number of aromatic nitrogens is 1. The molecule has 100 valence electrons. The molecule has 2 aromatic rings. The molecule has 0 aliphatic heterocycles. The van der Waals surface area contributed by atoms with E-state index in [4.69, 9.17) is 20.8 Å². The lowest BCUT2D eigenvalue weighted by Gasteiger charge is -2.08. The van der Waals surface area contributed by atoms with Crippen LogP contribution in [0.25, 0.3) is 11.3 Å². The molecule has 0 atom stereocenters. The molecule has 0 radical (unpaired) electrons. The van der Waals surface area contributed by atoms with Gasteiger partial charge in [-0.3, -0.25) is 0 Å². The normalized spacial score (nSPS) is 14.6. The number of hydrogen-bond donors (Lipinski definition) is 1. The van der Waals surface area contributed by atoms with Gasteiger partial charge in [-0.1, -0.05) is 11.6 Å². The summed E-state index contributed by atoms with van der Waals surface area (Å²) in [5, 5.41) is 4.07. The summed E-state index contributed by atoms with van der Waals surface area (Å²) in [6.07, 6.45) is 3.95. The molecule has 1 aromatic carbocycles. The van der Waals surface area contributed by atoms with Gasteiger partial charge in [0.25, 0.3) is 0 Å². The first kappa shape index (κ1) is 12.5. The standard InChI is InChI=1S/C14H15ClN2O2/c1-18-13-5-2-9(15)6-11(13)14-12(17-8-19-14)7-16-10-3-4-10/h2,5-6,8,10,16H,3-4,7H2,1H3. The van der Waals surface area contributed by atoms with Crippen LogP contribution in [0.4, 0.5) is 0 Å². The van der Waals surface area contributed by atoms with Gasteiger partial charge in [0.15, 0.2) is 12.2 Å². The van der Waals surface area contributed by atoms with E-state index in [0.29, 0.717) is 23.4 Å². The Morgan fingerprint density at radius 1 is 1.47 bits per heavy atom. The van der Waals surface area contributed by atoms with Crippen molar-refractivity contribution >= 4 is 11.6 Å². The van der Waals surface area contributed by atoms with Crippen molar-refractivity contribution in [3.63, 3.8) is 0 Å². The average Bonchev–Trinajstić information content (AvgIpc) is 3.13. The van der Waals surface area contributed by atoms with Crippen LogP contribution < -0.4 is 10.1 Å². The minimum absolute atomic E-state index is 0.630. The first-order valence-corrected chi connectivity index (χ1v) is 6.65. The van der Waals surface area contributed by atoms with E-state index >= 15 is 0 Å². The van der Waals surface area contributed by atoms with Crippen molar-refractivity contribution in [2.45, 2.75) is 25.4 Å². The molecule has 0 bridgehead atoms. The summed E-state index contributed by atoms with van der Waals surface area (Å²) in [4.78, 5) is 4.27. The van der Waals surface area contributed by atoms with Crippen molar-refractivity contribution < 1.29 is 9.15 Å². The lowest BCUT2D eigenvalue weighted by atomic mass is 10.1. The van der Waals surface area contributed by atoms with Crippen LogP contribution in [0.2, 0.25) is 5.02 Å². The number of nitrogens with zero attached hydrogens (tertiary/aromatic N) is 1. The van der Waals surface area contributed by atoms with Gasteiger partial charge in [0, 0.05) is 17.6 Å². The highest BCUT2D eigenvalue weighted by Crippen LogP contribution is 2.34. The smallest absolute Gasteiger partial charge is 0.181 e. The second kappa shape index (κ2) is 5.23. The third-order valence-electron chi connectivity index (χ3n) is 3.18. The molecule has 1 aliphatic rings. The van der Waals surface area contributed by atoms with Gasteiger partial charge in [0.1, 0.15) is 11.4 Å². The van der Waals surface area contributed by atoms with E-state index in [0.717, 1.165) is 17.0 Å². The lowest BCUT2D eigenvalue weighted by Crippen LogP contribution is -2.16. The molecule has 1 saturated carbocycles. The van der Waals surface area contributed by atoms with Crippen LogP contribution >= 0.6 is 11.6 Å². The Kier molecular flexibility index (Phi) is 3.44. The van der Waals surface area contributed by atoms with Crippen molar-refractivity contribution in [2.24, 2.45) is 0 Å². The zero-order valence-corrected chi connectivity index (χ0v) is 11.4. The van der Waals surface area contributed by atoms with Crippen LogP contribution in [-0.2, 0) is 6.54 Å². The van der Waals surface area contributed by atoms with Gasteiger partial charge in [-0.2, -0.15) is 0 Å². The number of nitrogens with one attached hydrogen (secondary N) is 1. The zero-order valence-electron chi connectivity index (χ0n) is 10.6. The number of methoxy groups -OCH3 is 1. The van der Waals surface area contributed by atoms with Crippen LogP contribution in [0.1, 0.15) is 18.5 Å². The first-order valence-electron chi connectivity index (χ1n) is 6.27. The van der Waals surface area contributed by atoms with E-state index < -0.39 is 0 Å². The molecule has 3 rings (SSSR count). The fraction of sp³-hybridized carbons (Fsp3) is 0.357. The molecule has 1 heterocycles. The van der Waals surface area contributed by atoms with Crippen molar-refractivity contribution in [1.82, 2.24) is 10.3 Å². The van der Waals surface area contributed by atoms with Crippen LogP contribution in [0.5, 0.6) is 5.75 Å². The summed E-state index contributed by atoms with van der Waals surface area (Å²) >= 11 is 6.05. The van der Waals surface area contributed by atoms with E-state index in [1.165, 1.54) is 19.2 Å². The summed E-state index contributed by atoms with van der Waals surface area (Å²) in [5.74, 6) is 1.45. The van der Waals surface area contributed by atoms with Gasteiger partial charge >= 0.3 is 0 Å². The average molecular weight is 279 g/mol. The summed E-state index contributed by atoms with van der Waals surface area (Å²) in [6.45, 7) is 0.701. The highest BCUT2D eigenvalue weighted by molar-refractivity contribution is 6.30. The number of halogens is 1. The Hall–Kier alpha value is -1.52. The molecule has 0 unspecified atom stereocenters. The Labute approximate surface area is 116 Å². The highest BCUT2D eigenvalue weighted by Gasteiger charge is 2.22. The molecule has 19 heavy (non-hydrogen) atoms. The van der Waals surface area contributed by atoms with Gasteiger partial charge in [-0.25, -0.2) is 4.98 Å². The fourth-order valence-electron chi connectivity index (χ4n) is 2.00. The predicted molar refractivity (Wildman–Crippen MR) is 73.4 cm³/mol. The molecule has 4 nitrogen and oxygen atoms in total.